The van der Waals surface area contributed by atoms with Crippen LogP contribution in [0, 0.1) is 11.8 Å². The molecule has 0 N–H and O–H groups in total. The molecule has 2 aliphatic rings. The molecule has 0 saturated carbocycles. The number of piperidine rings is 1. The Morgan fingerprint density at radius 1 is 0.958 bits per heavy atom. The van der Waals surface area contributed by atoms with Crippen LogP contribution in [0.25, 0.3) is 0 Å². The van der Waals surface area contributed by atoms with E-state index in [9.17, 15) is 0 Å². The van der Waals surface area contributed by atoms with Crippen LogP contribution < -0.4 is 4.90 Å². The minimum atomic E-state index is 0.837. The highest BCUT2D eigenvalue weighted by Gasteiger charge is 2.32. The van der Waals surface area contributed by atoms with Gasteiger partial charge in [-0.25, -0.2) is 15.0 Å². The van der Waals surface area contributed by atoms with Crippen LogP contribution in [-0.2, 0) is 13.6 Å². The Labute approximate surface area is 143 Å². The van der Waals surface area contributed by atoms with Crippen LogP contribution in [0.5, 0.6) is 0 Å². The molecule has 2 aliphatic heterocycles. The van der Waals surface area contributed by atoms with E-state index in [0.29, 0.717) is 0 Å². The molecule has 2 aromatic rings. The van der Waals surface area contributed by atoms with Gasteiger partial charge in [0.2, 0.25) is 5.95 Å². The van der Waals surface area contributed by atoms with E-state index in [1.165, 1.54) is 38.2 Å². The maximum atomic E-state index is 4.46. The number of hydrogen-bond donors (Lipinski definition) is 0. The van der Waals surface area contributed by atoms with Crippen LogP contribution in [0.3, 0.4) is 0 Å². The van der Waals surface area contributed by atoms with Gasteiger partial charge in [0.1, 0.15) is 5.82 Å². The summed E-state index contributed by atoms with van der Waals surface area (Å²) in [6.45, 7) is 5.59. The maximum Gasteiger partial charge on any atom is 0.225 e. The average molecular weight is 326 g/mol. The molecule has 1 atom stereocenters. The molecule has 2 saturated heterocycles. The van der Waals surface area contributed by atoms with Crippen LogP contribution in [-0.4, -0.2) is 50.6 Å². The first-order valence-electron chi connectivity index (χ1n) is 9.00. The molecule has 0 aliphatic carbocycles. The van der Waals surface area contributed by atoms with Crippen molar-refractivity contribution in [3.63, 3.8) is 0 Å². The number of nitrogens with zero attached hydrogens (tertiary/aromatic N) is 6. The molecule has 6 heteroatoms. The minimum Gasteiger partial charge on any atom is -0.341 e. The Morgan fingerprint density at radius 3 is 2.42 bits per heavy atom. The van der Waals surface area contributed by atoms with Gasteiger partial charge in [-0.15, -0.1) is 0 Å². The SMILES string of the molecule is Cn1ccnc1CN1CCC(C2CCN(c3ncccn3)CC2)C1. The summed E-state index contributed by atoms with van der Waals surface area (Å²) in [5, 5.41) is 0. The van der Waals surface area contributed by atoms with Gasteiger partial charge in [-0.05, 0) is 43.7 Å². The van der Waals surface area contributed by atoms with E-state index < -0.39 is 0 Å². The zero-order valence-electron chi connectivity index (χ0n) is 14.4. The molecule has 0 radical (unpaired) electrons. The lowest BCUT2D eigenvalue weighted by Gasteiger charge is -2.34. The molecule has 4 heterocycles. The Bertz CT molecular complexity index is 647. The van der Waals surface area contributed by atoms with E-state index in [1.807, 2.05) is 30.9 Å². The maximum absolute atomic E-state index is 4.46. The Morgan fingerprint density at radius 2 is 1.71 bits per heavy atom. The smallest absolute Gasteiger partial charge is 0.225 e. The highest BCUT2D eigenvalue weighted by atomic mass is 15.2. The second-order valence-corrected chi connectivity index (χ2v) is 7.11. The van der Waals surface area contributed by atoms with Gasteiger partial charge in [-0.2, -0.15) is 0 Å². The van der Waals surface area contributed by atoms with E-state index in [4.69, 9.17) is 0 Å². The van der Waals surface area contributed by atoms with E-state index in [-0.39, 0.29) is 0 Å². The number of hydrogen-bond acceptors (Lipinski definition) is 5. The third-order valence-corrected chi connectivity index (χ3v) is 5.64. The van der Waals surface area contributed by atoms with Gasteiger partial charge in [0, 0.05) is 51.5 Å². The van der Waals surface area contributed by atoms with Crippen molar-refractivity contribution < 1.29 is 0 Å². The number of anilines is 1. The lowest BCUT2D eigenvalue weighted by atomic mass is 9.84. The number of likely N-dealkylation sites (tertiary alicyclic amines) is 1. The summed E-state index contributed by atoms with van der Waals surface area (Å²) in [5.74, 6) is 3.74. The van der Waals surface area contributed by atoms with Gasteiger partial charge in [0.15, 0.2) is 0 Å². The van der Waals surface area contributed by atoms with Gasteiger partial charge in [0.05, 0.1) is 6.54 Å². The van der Waals surface area contributed by atoms with Gasteiger partial charge >= 0.3 is 0 Å². The molecule has 0 spiro atoms. The number of aromatic nitrogens is 4. The van der Waals surface area contributed by atoms with Crippen LogP contribution in [0.2, 0.25) is 0 Å². The fraction of sp³-hybridized carbons (Fsp3) is 0.611. The first kappa shape index (κ1) is 15.6. The minimum absolute atomic E-state index is 0.837. The molecule has 6 nitrogen and oxygen atoms in total. The van der Waals surface area contributed by atoms with Crippen LogP contribution >= 0.6 is 0 Å². The highest BCUT2D eigenvalue weighted by molar-refractivity contribution is 5.28. The number of imidazole rings is 1. The van der Waals surface area contributed by atoms with Crippen molar-refractivity contribution in [3.05, 3.63) is 36.7 Å². The van der Waals surface area contributed by atoms with Crippen molar-refractivity contribution >= 4 is 5.95 Å². The Hall–Kier alpha value is -1.95. The van der Waals surface area contributed by atoms with Crippen molar-refractivity contribution in [3.8, 4) is 0 Å². The second-order valence-electron chi connectivity index (χ2n) is 7.11. The topological polar surface area (TPSA) is 50.1 Å². The molecular formula is C18H26N6. The van der Waals surface area contributed by atoms with Crippen LogP contribution in [0.1, 0.15) is 25.1 Å². The van der Waals surface area contributed by atoms with Crippen molar-refractivity contribution in [2.45, 2.75) is 25.8 Å². The van der Waals surface area contributed by atoms with E-state index in [1.54, 1.807) is 0 Å². The van der Waals surface area contributed by atoms with E-state index in [2.05, 4.69) is 36.4 Å². The molecule has 4 rings (SSSR count). The summed E-state index contributed by atoms with van der Waals surface area (Å²) in [6, 6.07) is 1.88. The third kappa shape index (κ3) is 3.29. The van der Waals surface area contributed by atoms with Gasteiger partial charge in [-0.3, -0.25) is 4.90 Å². The summed E-state index contributed by atoms with van der Waals surface area (Å²) in [4.78, 5) is 18.1. The van der Waals surface area contributed by atoms with Crippen molar-refractivity contribution in [1.82, 2.24) is 24.4 Å². The third-order valence-electron chi connectivity index (χ3n) is 5.64. The summed E-state index contributed by atoms with van der Waals surface area (Å²) in [5.41, 5.74) is 0. The van der Waals surface area contributed by atoms with Gasteiger partial charge in [0.25, 0.3) is 0 Å². The predicted octanol–water partition coefficient (Wildman–Crippen LogP) is 1.95. The van der Waals surface area contributed by atoms with Crippen molar-refractivity contribution in [1.29, 1.82) is 0 Å². The summed E-state index contributed by atoms with van der Waals surface area (Å²) in [6.07, 6.45) is 11.4. The molecule has 1 unspecified atom stereocenters. The molecule has 2 aromatic heterocycles. The average Bonchev–Trinajstić information content (AvgIpc) is 3.26. The first-order chi connectivity index (χ1) is 11.8. The second kappa shape index (κ2) is 6.89. The normalized spacial score (nSPS) is 23.0. The van der Waals surface area contributed by atoms with Crippen molar-refractivity contribution in [2.24, 2.45) is 18.9 Å². The number of aryl methyl sites for hydroxylation is 1. The zero-order valence-corrected chi connectivity index (χ0v) is 14.4. The lowest BCUT2D eigenvalue weighted by molar-refractivity contribution is 0.248. The molecule has 24 heavy (non-hydrogen) atoms. The summed E-state index contributed by atoms with van der Waals surface area (Å²) < 4.78 is 2.13. The molecule has 0 aromatic carbocycles. The monoisotopic (exact) mass is 326 g/mol. The zero-order chi connectivity index (χ0) is 16.4. The largest absolute Gasteiger partial charge is 0.341 e. The quantitative estimate of drug-likeness (QED) is 0.859. The Balaban J connectivity index is 1.28. The van der Waals surface area contributed by atoms with Crippen LogP contribution in [0.15, 0.2) is 30.9 Å². The fourth-order valence-electron chi connectivity index (χ4n) is 4.17. The fourth-order valence-corrected chi connectivity index (χ4v) is 4.17. The first-order valence-corrected chi connectivity index (χ1v) is 9.00. The van der Waals surface area contributed by atoms with Crippen molar-refractivity contribution in [2.75, 3.05) is 31.1 Å². The standard InChI is InChI=1S/C18H26N6/c1-22-12-8-19-17(22)14-23-9-3-16(13-23)15-4-10-24(11-5-15)18-20-6-2-7-21-18/h2,6-8,12,15-16H,3-5,9-11,13-14H2,1H3. The number of rotatable bonds is 4. The van der Waals surface area contributed by atoms with Gasteiger partial charge < -0.3 is 9.47 Å². The molecule has 2 fully saturated rings. The molecular weight excluding hydrogens is 300 g/mol. The summed E-state index contributed by atoms with van der Waals surface area (Å²) in [7, 11) is 2.08. The predicted molar refractivity (Wildman–Crippen MR) is 93.6 cm³/mol. The summed E-state index contributed by atoms with van der Waals surface area (Å²) >= 11 is 0. The Kier molecular flexibility index (Phi) is 4.47. The molecule has 128 valence electrons. The van der Waals surface area contributed by atoms with E-state index in [0.717, 1.165) is 37.4 Å². The van der Waals surface area contributed by atoms with E-state index >= 15 is 0 Å². The molecule has 0 bridgehead atoms. The molecule has 0 amide bonds. The van der Waals surface area contributed by atoms with Crippen LogP contribution in [0.4, 0.5) is 5.95 Å². The van der Waals surface area contributed by atoms with Gasteiger partial charge in [-0.1, -0.05) is 0 Å². The lowest BCUT2D eigenvalue weighted by Crippen LogP contribution is -2.37. The highest BCUT2D eigenvalue weighted by Crippen LogP contribution is 2.33.